The number of hydrogen-bond donors (Lipinski definition) is 0. The van der Waals surface area contributed by atoms with E-state index in [-0.39, 0.29) is 37.5 Å². The van der Waals surface area contributed by atoms with Crippen molar-refractivity contribution in [2.75, 3.05) is 13.2 Å². The van der Waals surface area contributed by atoms with Crippen molar-refractivity contribution in [2.24, 2.45) is 0 Å². The first-order valence-corrected chi connectivity index (χ1v) is 28.8. The highest BCUT2D eigenvalue weighted by Crippen LogP contribution is 2.17. The third kappa shape index (κ3) is 53.9. The van der Waals surface area contributed by atoms with Crippen molar-refractivity contribution in [3.63, 3.8) is 0 Å². The van der Waals surface area contributed by atoms with E-state index in [1.54, 1.807) is 0 Å². The zero-order valence-electron chi connectivity index (χ0n) is 44.4. The van der Waals surface area contributed by atoms with Gasteiger partial charge >= 0.3 is 17.9 Å². The van der Waals surface area contributed by atoms with Crippen molar-refractivity contribution in [3.8, 4) is 0 Å². The van der Waals surface area contributed by atoms with Crippen LogP contribution in [-0.2, 0) is 28.6 Å². The summed E-state index contributed by atoms with van der Waals surface area (Å²) in [5.74, 6) is -0.969. The van der Waals surface area contributed by atoms with Gasteiger partial charge < -0.3 is 14.2 Å². The molecule has 6 heteroatoms. The maximum Gasteiger partial charge on any atom is 0.306 e. The molecule has 0 aromatic rings. The largest absolute Gasteiger partial charge is 0.462 e. The van der Waals surface area contributed by atoms with E-state index in [4.69, 9.17) is 14.2 Å². The highest BCUT2D eigenvalue weighted by atomic mass is 16.6. The molecule has 0 aliphatic carbocycles. The van der Waals surface area contributed by atoms with Crippen molar-refractivity contribution >= 4 is 17.9 Å². The normalized spacial score (nSPS) is 12.5. The fourth-order valence-corrected chi connectivity index (χ4v) is 8.26. The average molecular weight is 938 g/mol. The van der Waals surface area contributed by atoms with Gasteiger partial charge in [-0.1, -0.05) is 281 Å². The van der Waals surface area contributed by atoms with Crippen LogP contribution in [0.3, 0.4) is 0 Å². The number of esters is 3. The molecular weight excluding hydrogens is 829 g/mol. The zero-order valence-corrected chi connectivity index (χ0v) is 44.4. The second kappa shape index (κ2) is 55.7. The molecular formula is C61H108O6. The highest BCUT2D eigenvalue weighted by molar-refractivity contribution is 5.71. The Morgan fingerprint density at radius 2 is 0.582 bits per heavy atom. The van der Waals surface area contributed by atoms with E-state index in [1.807, 2.05) is 6.08 Å². The van der Waals surface area contributed by atoms with Gasteiger partial charge in [0.05, 0.1) is 0 Å². The topological polar surface area (TPSA) is 78.9 Å². The Bertz CT molecular complexity index is 1210. The maximum atomic E-state index is 12.8. The summed E-state index contributed by atoms with van der Waals surface area (Å²) in [7, 11) is 0. The number of hydrogen-bond acceptors (Lipinski definition) is 6. The van der Waals surface area contributed by atoms with Crippen LogP contribution in [0.1, 0.15) is 290 Å². The molecule has 0 rings (SSSR count). The van der Waals surface area contributed by atoms with E-state index < -0.39 is 6.10 Å². The van der Waals surface area contributed by atoms with Crippen molar-refractivity contribution in [1.29, 1.82) is 0 Å². The van der Waals surface area contributed by atoms with Crippen LogP contribution in [0.2, 0.25) is 0 Å². The van der Waals surface area contributed by atoms with E-state index in [0.717, 1.165) is 70.6 Å². The molecule has 0 heterocycles. The summed E-state index contributed by atoms with van der Waals surface area (Å²) < 4.78 is 16.8. The first kappa shape index (κ1) is 64.1. The lowest BCUT2D eigenvalue weighted by Crippen LogP contribution is -2.30. The minimum Gasteiger partial charge on any atom is -0.462 e. The van der Waals surface area contributed by atoms with E-state index in [2.05, 4.69) is 75.5 Å². The molecule has 0 N–H and O–H groups in total. The number of allylic oxidation sites excluding steroid dienone is 10. The smallest absolute Gasteiger partial charge is 0.306 e. The first-order valence-electron chi connectivity index (χ1n) is 28.8. The molecule has 0 bridgehead atoms. The predicted octanol–water partition coefficient (Wildman–Crippen LogP) is 19.2. The third-order valence-corrected chi connectivity index (χ3v) is 12.6. The van der Waals surface area contributed by atoms with E-state index >= 15 is 0 Å². The predicted molar refractivity (Wildman–Crippen MR) is 288 cm³/mol. The molecule has 1 unspecified atom stereocenters. The van der Waals surface area contributed by atoms with E-state index in [1.165, 1.54) is 173 Å². The molecule has 0 saturated heterocycles. The molecule has 1 atom stereocenters. The number of carbonyl (C=O) groups excluding carboxylic acids is 3. The summed E-state index contributed by atoms with van der Waals surface area (Å²) in [6, 6.07) is 0. The number of carbonyl (C=O) groups is 3. The molecule has 388 valence electrons. The molecule has 0 radical (unpaired) electrons. The average Bonchev–Trinajstić information content (AvgIpc) is 3.33. The van der Waals surface area contributed by atoms with Crippen LogP contribution in [0.4, 0.5) is 0 Å². The van der Waals surface area contributed by atoms with Gasteiger partial charge in [-0.05, 0) is 51.4 Å². The van der Waals surface area contributed by atoms with Gasteiger partial charge in [-0.25, -0.2) is 0 Å². The molecule has 0 saturated carbocycles. The number of rotatable bonds is 52. The summed E-state index contributed by atoms with van der Waals surface area (Å²) in [4.78, 5) is 38.1. The monoisotopic (exact) mass is 937 g/mol. The molecule has 0 spiro atoms. The van der Waals surface area contributed by atoms with Gasteiger partial charge in [0.15, 0.2) is 6.10 Å². The summed E-state index contributed by atoms with van der Waals surface area (Å²) in [5.41, 5.74) is 0. The van der Waals surface area contributed by atoms with Gasteiger partial charge in [-0.15, -0.1) is 0 Å². The second-order valence-corrected chi connectivity index (χ2v) is 19.2. The van der Waals surface area contributed by atoms with Crippen molar-refractivity contribution in [1.82, 2.24) is 0 Å². The Morgan fingerprint density at radius 1 is 0.313 bits per heavy atom. The van der Waals surface area contributed by atoms with Crippen LogP contribution < -0.4 is 0 Å². The fourth-order valence-electron chi connectivity index (χ4n) is 8.26. The Labute approximate surface area is 415 Å². The molecule has 67 heavy (non-hydrogen) atoms. The van der Waals surface area contributed by atoms with E-state index in [0.29, 0.717) is 19.3 Å². The summed E-state index contributed by atoms with van der Waals surface area (Å²) in [6.45, 7) is 6.50. The summed E-state index contributed by atoms with van der Waals surface area (Å²) in [6.07, 6.45) is 69.4. The lowest BCUT2D eigenvalue weighted by molar-refractivity contribution is -0.166. The maximum absolute atomic E-state index is 12.8. The molecule has 0 amide bonds. The fraction of sp³-hybridized carbons (Fsp3) is 0.787. The Kier molecular flexibility index (Phi) is 53.3. The molecule has 0 aliphatic heterocycles. The second-order valence-electron chi connectivity index (χ2n) is 19.2. The molecule has 0 aromatic carbocycles. The van der Waals surface area contributed by atoms with Gasteiger partial charge in [-0.3, -0.25) is 14.4 Å². The van der Waals surface area contributed by atoms with Crippen LogP contribution in [0.25, 0.3) is 0 Å². The lowest BCUT2D eigenvalue weighted by Gasteiger charge is -2.18. The SMILES string of the molecule is CC/C=C\C/C=C\C/C=C\C/C=C\C/C=C\CCC(=O)OC(COC(=O)CCCCCCCCCCCCCCCCC)COC(=O)CCCCCCCCCCCCCCCCCCCC. The summed E-state index contributed by atoms with van der Waals surface area (Å²) >= 11 is 0. The van der Waals surface area contributed by atoms with Crippen LogP contribution in [-0.4, -0.2) is 37.2 Å². The number of unbranched alkanes of at least 4 members (excludes halogenated alkanes) is 31. The van der Waals surface area contributed by atoms with Crippen LogP contribution in [0, 0.1) is 0 Å². The van der Waals surface area contributed by atoms with Crippen LogP contribution >= 0.6 is 0 Å². The van der Waals surface area contributed by atoms with Crippen molar-refractivity contribution in [2.45, 2.75) is 297 Å². The first-order chi connectivity index (χ1) is 33.0. The van der Waals surface area contributed by atoms with Crippen LogP contribution in [0.15, 0.2) is 60.8 Å². The van der Waals surface area contributed by atoms with Crippen molar-refractivity contribution < 1.29 is 28.6 Å². The Hall–Kier alpha value is -2.89. The molecule has 6 nitrogen and oxygen atoms in total. The standard InChI is InChI=1S/C61H108O6/c1-4-7-10-13-16-19-22-25-28-30-31-34-36-39-42-45-48-51-54-60(63)66-57-58(56-65-59(62)53-50-47-44-41-38-35-32-27-24-21-18-15-12-9-6-3)67-61(64)55-52-49-46-43-40-37-33-29-26-23-20-17-14-11-8-5-2/h8,11,17,20,26,29,37,40,46,49,58H,4-7,9-10,12-16,18-19,21-25,27-28,30-36,38-39,41-45,47-48,50-57H2,1-3H3/b11-8-,20-17-,29-26-,40-37-,49-46-. The molecule has 0 fully saturated rings. The minimum atomic E-state index is -0.810. The van der Waals surface area contributed by atoms with Gasteiger partial charge in [0, 0.05) is 19.3 Å². The minimum absolute atomic E-state index is 0.0997. The Morgan fingerprint density at radius 3 is 0.881 bits per heavy atom. The van der Waals surface area contributed by atoms with Gasteiger partial charge in [-0.2, -0.15) is 0 Å². The zero-order chi connectivity index (χ0) is 48.6. The van der Waals surface area contributed by atoms with Gasteiger partial charge in [0.2, 0.25) is 0 Å². The Balaban J connectivity index is 4.42. The summed E-state index contributed by atoms with van der Waals surface area (Å²) in [5, 5.41) is 0. The van der Waals surface area contributed by atoms with E-state index in [9.17, 15) is 14.4 Å². The third-order valence-electron chi connectivity index (χ3n) is 12.6. The van der Waals surface area contributed by atoms with Crippen LogP contribution in [0.5, 0.6) is 0 Å². The quantitative estimate of drug-likeness (QED) is 0.0262. The number of ether oxygens (including phenoxy) is 3. The van der Waals surface area contributed by atoms with Crippen molar-refractivity contribution in [3.05, 3.63) is 60.8 Å². The molecule has 0 aromatic heterocycles. The molecule has 0 aliphatic rings. The van der Waals surface area contributed by atoms with Gasteiger partial charge in [0.25, 0.3) is 0 Å². The lowest BCUT2D eigenvalue weighted by atomic mass is 10.0. The highest BCUT2D eigenvalue weighted by Gasteiger charge is 2.19. The van der Waals surface area contributed by atoms with Gasteiger partial charge in [0.1, 0.15) is 13.2 Å².